The van der Waals surface area contributed by atoms with E-state index in [1.54, 1.807) is 12.1 Å². The van der Waals surface area contributed by atoms with Crippen LogP contribution in [-0.4, -0.2) is 28.4 Å². The van der Waals surface area contributed by atoms with Gasteiger partial charge in [0.25, 0.3) is 0 Å². The van der Waals surface area contributed by atoms with Crippen LogP contribution in [0.3, 0.4) is 0 Å². The van der Waals surface area contributed by atoms with Crippen molar-refractivity contribution in [2.45, 2.75) is 44.1 Å². The Morgan fingerprint density at radius 2 is 2.04 bits per heavy atom. The topological polar surface area (TPSA) is 68.3 Å². The molecule has 0 bridgehead atoms. The molecular weight excluding hydrogens is 435 g/mol. The van der Waals surface area contributed by atoms with Crippen LogP contribution >= 0.6 is 15.9 Å². The van der Waals surface area contributed by atoms with Gasteiger partial charge in [-0.15, -0.1) is 0 Å². The van der Waals surface area contributed by atoms with E-state index >= 15 is 0 Å². The molecule has 3 atom stereocenters. The average molecular weight is 454 g/mol. The molecule has 2 N–H and O–H groups in total. The number of carbonyl (C=O) groups is 1. The van der Waals surface area contributed by atoms with Crippen molar-refractivity contribution in [1.82, 2.24) is 4.98 Å². The number of ketones is 1. The molecule has 3 rings (SSSR count). The summed E-state index contributed by atoms with van der Waals surface area (Å²) in [6.45, 7) is 2.52. The van der Waals surface area contributed by atoms with Gasteiger partial charge in [-0.1, -0.05) is 6.07 Å². The lowest BCUT2D eigenvalue weighted by Gasteiger charge is -2.39. The molecule has 0 saturated carbocycles. The zero-order valence-electron chi connectivity index (χ0n) is 15.3. The SMILES string of the molecule is C[C@]1(F)C[C@H](F)[C@@](C)(c2cc(CC(=O)c3ccc(Br)cn3)ccc2F)N=C1N. The van der Waals surface area contributed by atoms with Crippen molar-refractivity contribution in [3.05, 3.63) is 63.6 Å². The van der Waals surface area contributed by atoms with Gasteiger partial charge in [-0.3, -0.25) is 14.8 Å². The molecule has 28 heavy (non-hydrogen) atoms. The highest BCUT2D eigenvalue weighted by Crippen LogP contribution is 2.42. The fraction of sp³-hybridized carbons (Fsp3) is 0.350. The third-order valence-electron chi connectivity index (χ3n) is 5.01. The first-order valence-electron chi connectivity index (χ1n) is 8.65. The number of hydrogen-bond acceptors (Lipinski definition) is 4. The molecule has 2 aromatic rings. The van der Waals surface area contributed by atoms with Crippen molar-refractivity contribution in [3.63, 3.8) is 0 Å². The molecule has 1 aromatic carbocycles. The molecule has 2 heterocycles. The second-order valence-corrected chi connectivity index (χ2v) is 8.21. The molecule has 8 heteroatoms. The first-order valence-corrected chi connectivity index (χ1v) is 9.44. The largest absolute Gasteiger partial charge is 0.385 e. The van der Waals surface area contributed by atoms with E-state index in [0.717, 1.165) is 17.5 Å². The fourth-order valence-electron chi connectivity index (χ4n) is 3.19. The fourth-order valence-corrected chi connectivity index (χ4v) is 3.43. The first-order chi connectivity index (χ1) is 13.0. The van der Waals surface area contributed by atoms with E-state index in [2.05, 4.69) is 25.9 Å². The Hall–Kier alpha value is -2.22. The summed E-state index contributed by atoms with van der Waals surface area (Å²) in [5.41, 5.74) is 2.58. The summed E-state index contributed by atoms with van der Waals surface area (Å²) >= 11 is 3.25. The van der Waals surface area contributed by atoms with Gasteiger partial charge in [0.1, 0.15) is 29.1 Å². The Morgan fingerprint density at radius 1 is 1.32 bits per heavy atom. The van der Waals surface area contributed by atoms with Gasteiger partial charge in [-0.25, -0.2) is 13.2 Å². The van der Waals surface area contributed by atoms with Gasteiger partial charge in [0, 0.05) is 29.1 Å². The van der Waals surface area contributed by atoms with Gasteiger partial charge >= 0.3 is 0 Å². The molecule has 0 spiro atoms. The van der Waals surface area contributed by atoms with Crippen LogP contribution in [0.1, 0.15) is 41.9 Å². The Balaban J connectivity index is 1.95. The Labute approximate surface area is 169 Å². The van der Waals surface area contributed by atoms with E-state index < -0.39 is 29.6 Å². The van der Waals surface area contributed by atoms with Crippen LogP contribution in [0, 0.1) is 5.82 Å². The number of hydrogen-bond donors (Lipinski definition) is 1. The number of amidine groups is 1. The molecule has 0 aliphatic carbocycles. The minimum atomic E-state index is -2.09. The summed E-state index contributed by atoms with van der Waals surface area (Å²) in [5, 5.41) is 0. The van der Waals surface area contributed by atoms with Gasteiger partial charge < -0.3 is 5.73 Å². The lowest BCUT2D eigenvalue weighted by Crippen LogP contribution is -2.51. The number of Topliss-reactive ketones (excluding diaryl/α,β-unsaturated/α-hetero) is 1. The summed E-state index contributed by atoms with van der Waals surface area (Å²) < 4.78 is 44.4. The molecule has 1 aliphatic rings. The minimum absolute atomic E-state index is 0.0467. The average Bonchev–Trinajstić information content (AvgIpc) is 2.62. The summed E-state index contributed by atoms with van der Waals surface area (Å²) in [7, 11) is 0. The summed E-state index contributed by atoms with van der Waals surface area (Å²) in [6, 6.07) is 7.25. The summed E-state index contributed by atoms with van der Waals surface area (Å²) in [5.74, 6) is -1.33. The third-order valence-corrected chi connectivity index (χ3v) is 5.48. The Bertz CT molecular complexity index is 946. The molecule has 0 unspecified atom stereocenters. The third kappa shape index (κ3) is 3.83. The van der Waals surface area contributed by atoms with Crippen molar-refractivity contribution in [2.75, 3.05) is 0 Å². The number of rotatable bonds is 4. The van der Waals surface area contributed by atoms with Crippen LogP contribution in [0.5, 0.6) is 0 Å². The Morgan fingerprint density at radius 3 is 2.68 bits per heavy atom. The Kier molecular flexibility index (Phi) is 5.36. The highest BCUT2D eigenvalue weighted by atomic mass is 79.9. The molecule has 4 nitrogen and oxygen atoms in total. The van der Waals surface area contributed by atoms with Crippen LogP contribution in [0.15, 0.2) is 46.0 Å². The predicted molar refractivity (Wildman–Crippen MR) is 104 cm³/mol. The maximum absolute atomic E-state index is 14.8. The predicted octanol–water partition coefficient (Wildman–Crippen LogP) is 4.45. The van der Waals surface area contributed by atoms with Crippen LogP contribution < -0.4 is 5.73 Å². The van der Waals surface area contributed by atoms with Gasteiger partial charge in [-0.2, -0.15) is 0 Å². The zero-order valence-corrected chi connectivity index (χ0v) is 16.9. The second kappa shape index (κ2) is 7.31. The number of pyridine rings is 1. The lowest BCUT2D eigenvalue weighted by molar-refractivity contribution is 0.0988. The highest BCUT2D eigenvalue weighted by Gasteiger charge is 2.49. The first kappa shape index (κ1) is 20.5. The van der Waals surface area contributed by atoms with Crippen LogP contribution in [-0.2, 0) is 12.0 Å². The summed E-state index contributed by atoms with van der Waals surface area (Å²) in [6.07, 6.45) is -0.839. The van der Waals surface area contributed by atoms with Crippen LogP contribution in [0.25, 0.3) is 0 Å². The van der Waals surface area contributed by atoms with E-state index in [9.17, 15) is 18.0 Å². The van der Waals surface area contributed by atoms with Crippen molar-refractivity contribution in [3.8, 4) is 0 Å². The molecule has 0 fully saturated rings. The van der Waals surface area contributed by atoms with E-state index in [0.29, 0.717) is 5.56 Å². The summed E-state index contributed by atoms with van der Waals surface area (Å²) in [4.78, 5) is 20.5. The van der Waals surface area contributed by atoms with E-state index in [4.69, 9.17) is 5.73 Å². The highest BCUT2D eigenvalue weighted by molar-refractivity contribution is 9.10. The standard InChI is InChI=1S/C20H19BrF3N3O/c1-19(24)9-17(23)20(2,27-18(19)25)13-7-11(3-5-14(13)22)8-16(28)15-6-4-12(21)10-26-15/h3-7,10,17H,8-9H2,1-2H3,(H2,25,27)/t17-,19-,20+/m0/s1. The minimum Gasteiger partial charge on any atom is -0.385 e. The monoisotopic (exact) mass is 453 g/mol. The number of carbonyl (C=O) groups excluding carboxylic acids is 1. The number of benzene rings is 1. The van der Waals surface area contributed by atoms with E-state index in [1.165, 1.54) is 25.3 Å². The number of aliphatic imine (C=N–C) groups is 1. The number of halogens is 4. The van der Waals surface area contributed by atoms with Gasteiger partial charge in [-0.05, 0) is 59.6 Å². The van der Waals surface area contributed by atoms with Crippen molar-refractivity contribution in [1.29, 1.82) is 0 Å². The molecule has 0 radical (unpaired) electrons. The molecule has 148 valence electrons. The van der Waals surface area contributed by atoms with Crippen molar-refractivity contribution >= 4 is 27.5 Å². The van der Waals surface area contributed by atoms with Crippen LogP contribution in [0.2, 0.25) is 0 Å². The molecule has 1 aliphatic heterocycles. The maximum atomic E-state index is 14.8. The number of alkyl halides is 2. The second-order valence-electron chi connectivity index (χ2n) is 7.29. The van der Waals surface area contributed by atoms with Crippen LogP contribution in [0.4, 0.5) is 13.2 Å². The maximum Gasteiger partial charge on any atom is 0.185 e. The quantitative estimate of drug-likeness (QED) is 0.695. The molecule has 0 saturated heterocycles. The van der Waals surface area contributed by atoms with Gasteiger partial charge in [0.15, 0.2) is 11.5 Å². The van der Waals surface area contributed by atoms with Crippen molar-refractivity contribution in [2.24, 2.45) is 10.7 Å². The van der Waals surface area contributed by atoms with E-state index in [1.807, 2.05) is 0 Å². The number of aromatic nitrogens is 1. The van der Waals surface area contributed by atoms with Gasteiger partial charge in [0.2, 0.25) is 0 Å². The van der Waals surface area contributed by atoms with Crippen molar-refractivity contribution < 1.29 is 18.0 Å². The molecule has 1 aromatic heterocycles. The molecular formula is C20H19BrF3N3O. The van der Waals surface area contributed by atoms with E-state index in [-0.39, 0.29) is 29.3 Å². The normalized spacial score (nSPS) is 27.4. The molecule has 0 amide bonds. The van der Waals surface area contributed by atoms with Gasteiger partial charge in [0.05, 0.1) is 0 Å². The number of nitrogens with zero attached hydrogens (tertiary/aromatic N) is 2. The lowest BCUT2D eigenvalue weighted by atomic mass is 9.78. The smallest absolute Gasteiger partial charge is 0.185 e. The number of nitrogens with two attached hydrogens (primary N) is 1. The zero-order chi connectivity index (χ0) is 20.7.